The van der Waals surface area contributed by atoms with Crippen LogP contribution in [0.3, 0.4) is 0 Å². The monoisotopic (exact) mass is 426 g/mol. The van der Waals surface area contributed by atoms with E-state index in [9.17, 15) is 18.0 Å². The molecule has 11 heteroatoms. The minimum Gasteiger partial charge on any atom is -0.293 e. The Balaban J connectivity index is 1.56. The molecule has 154 valence electrons. The van der Waals surface area contributed by atoms with Crippen LogP contribution in [-0.4, -0.2) is 30.5 Å². The van der Waals surface area contributed by atoms with Gasteiger partial charge in [-0.3, -0.25) is 14.8 Å². The SMILES string of the molecule is Cc1ccc(Cn2cnc(NC(=O)CCn3nc(C(F)(F)F)c(Cl)c3C)n2)cc1. The van der Waals surface area contributed by atoms with E-state index in [1.807, 2.05) is 31.2 Å². The van der Waals surface area contributed by atoms with Crippen LogP contribution in [-0.2, 0) is 24.1 Å². The van der Waals surface area contributed by atoms with Crippen molar-refractivity contribution in [1.29, 1.82) is 0 Å². The van der Waals surface area contributed by atoms with Gasteiger partial charge in [0.15, 0.2) is 5.69 Å². The molecule has 3 aromatic rings. The molecule has 7 nitrogen and oxygen atoms in total. The highest BCUT2D eigenvalue weighted by atomic mass is 35.5. The Kier molecular flexibility index (Phi) is 5.92. The molecule has 1 amide bonds. The predicted molar refractivity (Wildman–Crippen MR) is 101 cm³/mol. The number of benzene rings is 1. The number of rotatable bonds is 6. The number of alkyl halides is 3. The van der Waals surface area contributed by atoms with Gasteiger partial charge in [-0.1, -0.05) is 41.4 Å². The molecule has 1 aromatic carbocycles. The van der Waals surface area contributed by atoms with Crippen molar-refractivity contribution >= 4 is 23.5 Å². The molecule has 3 rings (SSSR count). The number of hydrogen-bond donors (Lipinski definition) is 1. The van der Waals surface area contributed by atoms with Crippen molar-refractivity contribution < 1.29 is 18.0 Å². The van der Waals surface area contributed by atoms with Crippen LogP contribution in [0, 0.1) is 13.8 Å². The van der Waals surface area contributed by atoms with Crippen LogP contribution in [0.25, 0.3) is 0 Å². The van der Waals surface area contributed by atoms with Gasteiger partial charge in [0.25, 0.3) is 0 Å². The highest BCUT2D eigenvalue weighted by Crippen LogP contribution is 2.35. The Labute approximate surface area is 169 Å². The van der Waals surface area contributed by atoms with Crippen molar-refractivity contribution in [2.75, 3.05) is 5.32 Å². The molecular formula is C18H18ClF3N6O. The second-order valence-electron chi connectivity index (χ2n) is 6.52. The van der Waals surface area contributed by atoms with Gasteiger partial charge in [0.05, 0.1) is 23.8 Å². The first-order chi connectivity index (χ1) is 13.6. The van der Waals surface area contributed by atoms with E-state index in [1.165, 1.54) is 13.3 Å². The number of nitrogens with zero attached hydrogens (tertiary/aromatic N) is 5. The Morgan fingerprint density at radius 2 is 1.86 bits per heavy atom. The summed E-state index contributed by atoms with van der Waals surface area (Å²) in [5.74, 6) is -0.328. The first-order valence-electron chi connectivity index (χ1n) is 8.68. The molecule has 0 saturated heterocycles. The fourth-order valence-corrected chi connectivity index (χ4v) is 2.87. The second kappa shape index (κ2) is 8.24. The fourth-order valence-electron chi connectivity index (χ4n) is 2.63. The van der Waals surface area contributed by atoms with Gasteiger partial charge in [0.1, 0.15) is 6.33 Å². The summed E-state index contributed by atoms with van der Waals surface area (Å²) in [7, 11) is 0. The summed E-state index contributed by atoms with van der Waals surface area (Å²) in [6.45, 7) is 3.85. The summed E-state index contributed by atoms with van der Waals surface area (Å²) in [4.78, 5) is 16.1. The van der Waals surface area contributed by atoms with Crippen LogP contribution in [0.15, 0.2) is 30.6 Å². The maximum atomic E-state index is 12.8. The predicted octanol–water partition coefficient (Wildman–Crippen LogP) is 3.84. The molecule has 0 unspecified atom stereocenters. The van der Waals surface area contributed by atoms with E-state index in [4.69, 9.17) is 11.6 Å². The van der Waals surface area contributed by atoms with Crippen LogP contribution < -0.4 is 5.32 Å². The van der Waals surface area contributed by atoms with E-state index >= 15 is 0 Å². The zero-order valence-electron chi connectivity index (χ0n) is 15.7. The largest absolute Gasteiger partial charge is 0.436 e. The van der Waals surface area contributed by atoms with Gasteiger partial charge in [-0.05, 0) is 19.4 Å². The maximum absolute atomic E-state index is 12.8. The lowest BCUT2D eigenvalue weighted by atomic mass is 10.1. The standard InChI is InChI=1S/C18H18ClF3N6O/c1-11-3-5-13(6-4-11)9-27-10-23-17(26-27)24-14(29)7-8-28-12(2)15(19)16(25-28)18(20,21)22/h3-6,10H,7-9H2,1-2H3,(H,24,26,29). The lowest BCUT2D eigenvalue weighted by molar-refractivity contribution is -0.141. The van der Waals surface area contributed by atoms with E-state index in [0.717, 1.165) is 15.8 Å². The van der Waals surface area contributed by atoms with E-state index in [1.54, 1.807) is 4.68 Å². The summed E-state index contributed by atoms with van der Waals surface area (Å²) in [6.07, 6.45) is -3.27. The first kappa shape index (κ1) is 20.8. The molecule has 0 bridgehead atoms. The number of carbonyl (C=O) groups excluding carboxylic acids is 1. The highest BCUT2D eigenvalue weighted by Gasteiger charge is 2.38. The average Bonchev–Trinajstić information content (AvgIpc) is 3.20. The summed E-state index contributed by atoms with van der Waals surface area (Å²) < 4.78 is 41.2. The van der Waals surface area contributed by atoms with Crippen molar-refractivity contribution in [2.24, 2.45) is 0 Å². The summed E-state index contributed by atoms with van der Waals surface area (Å²) in [6, 6.07) is 7.93. The third kappa shape index (κ3) is 5.14. The van der Waals surface area contributed by atoms with Gasteiger partial charge in [0, 0.05) is 6.42 Å². The molecule has 0 radical (unpaired) electrons. The van der Waals surface area contributed by atoms with Crippen molar-refractivity contribution in [3.63, 3.8) is 0 Å². The first-order valence-corrected chi connectivity index (χ1v) is 9.06. The van der Waals surface area contributed by atoms with Crippen LogP contribution in [0.5, 0.6) is 0 Å². The maximum Gasteiger partial charge on any atom is 0.436 e. The molecular weight excluding hydrogens is 409 g/mol. The third-order valence-corrected chi connectivity index (χ3v) is 4.66. The quantitative estimate of drug-likeness (QED) is 0.649. The number of halogens is 4. The molecule has 0 aliphatic heterocycles. The number of aryl methyl sites for hydroxylation is 2. The molecule has 0 saturated carbocycles. The number of hydrogen-bond acceptors (Lipinski definition) is 4. The molecule has 0 spiro atoms. The molecule has 2 heterocycles. The number of aromatic nitrogens is 5. The molecule has 0 atom stereocenters. The third-order valence-electron chi connectivity index (χ3n) is 4.21. The van der Waals surface area contributed by atoms with Crippen LogP contribution >= 0.6 is 11.6 Å². The van der Waals surface area contributed by atoms with Crippen molar-refractivity contribution in [2.45, 2.75) is 39.5 Å². The van der Waals surface area contributed by atoms with Crippen LogP contribution in [0.1, 0.15) is 28.9 Å². The minimum atomic E-state index is -4.65. The smallest absolute Gasteiger partial charge is 0.293 e. The molecule has 0 aliphatic rings. The summed E-state index contributed by atoms with van der Waals surface area (Å²) in [5.41, 5.74) is 1.17. The van der Waals surface area contributed by atoms with Crippen molar-refractivity contribution in [3.05, 3.63) is 58.1 Å². The molecule has 0 fully saturated rings. The van der Waals surface area contributed by atoms with Gasteiger partial charge < -0.3 is 0 Å². The minimum absolute atomic E-state index is 0.0580. The molecule has 1 N–H and O–H groups in total. The number of carbonyl (C=O) groups is 1. The van der Waals surface area contributed by atoms with E-state index in [0.29, 0.717) is 6.54 Å². The van der Waals surface area contributed by atoms with E-state index in [-0.39, 0.29) is 24.6 Å². The average molecular weight is 427 g/mol. The van der Waals surface area contributed by atoms with Gasteiger partial charge in [-0.25, -0.2) is 9.67 Å². The van der Waals surface area contributed by atoms with Gasteiger partial charge >= 0.3 is 6.18 Å². The topological polar surface area (TPSA) is 77.6 Å². The fraction of sp³-hybridized carbons (Fsp3) is 0.333. The Hall–Kier alpha value is -2.88. The lowest BCUT2D eigenvalue weighted by Crippen LogP contribution is -2.17. The zero-order chi connectivity index (χ0) is 21.2. The van der Waals surface area contributed by atoms with Gasteiger partial charge in [-0.15, -0.1) is 5.10 Å². The molecule has 2 aromatic heterocycles. The van der Waals surface area contributed by atoms with Crippen molar-refractivity contribution in [3.8, 4) is 0 Å². The number of nitrogens with one attached hydrogen (secondary N) is 1. The van der Waals surface area contributed by atoms with Gasteiger partial charge in [-0.2, -0.15) is 18.3 Å². The van der Waals surface area contributed by atoms with Crippen molar-refractivity contribution in [1.82, 2.24) is 24.5 Å². The van der Waals surface area contributed by atoms with Crippen LogP contribution in [0.2, 0.25) is 5.02 Å². The highest BCUT2D eigenvalue weighted by molar-refractivity contribution is 6.31. The van der Waals surface area contributed by atoms with Crippen LogP contribution in [0.4, 0.5) is 19.1 Å². The number of amides is 1. The Morgan fingerprint density at radius 1 is 1.17 bits per heavy atom. The van der Waals surface area contributed by atoms with E-state index < -0.39 is 22.8 Å². The van der Waals surface area contributed by atoms with Gasteiger partial charge in [0.2, 0.25) is 11.9 Å². The Morgan fingerprint density at radius 3 is 2.48 bits per heavy atom. The summed E-state index contributed by atoms with van der Waals surface area (Å²) >= 11 is 5.69. The normalized spacial score (nSPS) is 11.7. The number of anilines is 1. The Bertz CT molecular complexity index is 1010. The summed E-state index contributed by atoms with van der Waals surface area (Å²) in [5, 5.41) is 9.69. The lowest BCUT2D eigenvalue weighted by Gasteiger charge is -2.05. The molecule has 29 heavy (non-hydrogen) atoms. The van der Waals surface area contributed by atoms with E-state index in [2.05, 4.69) is 20.5 Å². The second-order valence-corrected chi connectivity index (χ2v) is 6.90. The zero-order valence-corrected chi connectivity index (χ0v) is 16.4. The molecule has 0 aliphatic carbocycles.